The van der Waals surface area contributed by atoms with Crippen molar-refractivity contribution in [2.24, 2.45) is 11.8 Å². The Morgan fingerprint density at radius 3 is 2.29 bits per heavy atom. The molecule has 10 nitrogen and oxygen atoms in total. The summed E-state index contributed by atoms with van der Waals surface area (Å²) >= 11 is 0. The van der Waals surface area contributed by atoms with Crippen molar-refractivity contribution in [1.29, 1.82) is 0 Å². The molecule has 184 valence electrons. The fraction of sp³-hybridized carbons (Fsp3) is 0.318. The molecule has 4 N–H and O–H groups in total. The zero-order valence-electron chi connectivity index (χ0n) is 18.1. The third-order valence-corrected chi connectivity index (χ3v) is 5.90. The van der Waals surface area contributed by atoms with Crippen LogP contribution in [-0.4, -0.2) is 62.4 Å². The highest BCUT2D eigenvalue weighted by Gasteiger charge is 2.55. The number of benzene rings is 1. The number of pyridine rings is 1. The number of carbonyl (C=O) groups excluding carboxylic acids is 1. The van der Waals surface area contributed by atoms with Gasteiger partial charge in [-0.3, -0.25) is 15.0 Å². The van der Waals surface area contributed by atoms with Crippen LogP contribution in [0.15, 0.2) is 48.8 Å². The van der Waals surface area contributed by atoms with Gasteiger partial charge in [0.1, 0.15) is 0 Å². The molecular weight excluding hydrogens is 469 g/mol. The Kier molecular flexibility index (Phi) is 6.80. The second-order valence-corrected chi connectivity index (χ2v) is 8.15. The van der Waals surface area contributed by atoms with Gasteiger partial charge >= 0.3 is 12.1 Å². The number of carboxylic acid groups (broad SMARTS) is 1. The molecule has 2 aliphatic rings. The number of nitrogens with zero attached hydrogens (tertiary/aromatic N) is 4. The molecule has 0 spiro atoms. The lowest BCUT2D eigenvalue weighted by atomic mass is 10.2. The van der Waals surface area contributed by atoms with Gasteiger partial charge in [-0.25, -0.2) is 20.2 Å². The number of aromatic nitrogens is 3. The third kappa shape index (κ3) is 5.63. The highest BCUT2D eigenvalue weighted by molar-refractivity contribution is 5.92. The first-order chi connectivity index (χ1) is 16.7. The first-order valence-electron chi connectivity index (χ1n) is 10.6. The van der Waals surface area contributed by atoms with Crippen LogP contribution >= 0.6 is 0 Å². The van der Waals surface area contributed by atoms with Crippen LogP contribution in [0.1, 0.15) is 16.1 Å². The number of para-hydroxylation sites is 1. The van der Waals surface area contributed by atoms with E-state index in [1.807, 2.05) is 18.2 Å². The van der Waals surface area contributed by atoms with Crippen molar-refractivity contribution in [1.82, 2.24) is 25.7 Å². The lowest BCUT2D eigenvalue weighted by molar-refractivity contribution is -0.192. The number of carboxylic acids is 1. The number of halogens is 3. The minimum absolute atomic E-state index is 0.234. The van der Waals surface area contributed by atoms with Crippen LogP contribution in [0, 0.1) is 11.8 Å². The number of amides is 1. The van der Waals surface area contributed by atoms with E-state index < -0.39 is 18.1 Å². The van der Waals surface area contributed by atoms with E-state index in [-0.39, 0.29) is 5.56 Å². The van der Waals surface area contributed by atoms with Gasteiger partial charge in [0, 0.05) is 43.5 Å². The lowest BCUT2D eigenvalue weighted by Crippen LogP contribution is -2.32. The average Bonchev–Trinajstić information content (AvgIpc) is 3.30. The molecule has 1 saturated carbocycles. The fourth-order valence-corrected chi connectivity index (χ4v) is 4.09. The molecule has 1 saturated heterocycles. The van der Waals surface area contributed by atoms with Crippen molar-refractivity contribution in [3.05, 3.63) is 60.0 Å². The summed E-state index contributed by atoms with van der Waals surface area (Å²) in [6.07, 6.45) is -2.22. The highest BCUT2D eigenvalue weighted by atomic mass is 19.4. The Hall–Kier alpha value is -3.84. The molecule has 35 heavy (non-hydrogen) atoms. The van der Waals surface area contributed by atoms with Crippen molar-refractivity contribution in [2.75, 3.05) is 18.0 Å². The molecule has 2 aromatic heterocycles. The maximum Gasteiger partial charge on any atom is 0.490 e. The zero-order valence-corrected chi connectivity index (χ0v) is 18.1. The van der Waals surface area contributed by atoms with Gasteiger partial charge in [-0.1, -0.05) is 24.3 Å². The van der Waals surface area contributed by atoms with Crippen molar-refractivity contribution < 1.29 is 33.1 Å². The molecule has 0 bridgehead atoms. The number of piperidine rings is 1. The van der Waals surface area contributed by atoms with E-state index in [0.717, 1.165) is 36.2 Å². The first kappa shape index (κ1) is 24.3. The maximum absolute atomic E-state index is 11.3. The minimum atomic E-state index is -5.08. The van der Waals surface area contributed by atoms with Gasteiger partial charge in [0.15, 0.2) is 0 Å². The van der Waals surface area contributed by atoms with Crippen molar-refractivity contribution in [3.63, 3.8) is 0 Å². The molecule has 13 heteroatoms. The van der Waals surface area contributed by atoms with Crippen LogP contribution in [0.3, 0.4) is 0 Å². The predicted molar refractivity (Wildman–Crippen MR) is 117 cm³/mol. The number of aliphatic carboxylic acids is 1. The second kappa shape index (κ2) is 9.80. The van der Waals surface area contributed by atoms with E-state index in [2.05, 4.69) is 38.4 Å². The summed E-state index contributed by atoms with van der Waals surface area (Å²) in [6.45, 7) is 2.57. The molecule has 0 radical (unpaired) electrons. The summed E-state index contributed by atoms with van der Waals surface area (Å²) in [7, 11) is 0. The van der Waals surface area contributed by atoms with E-state index in [1.54, 1.807) is 5.48 Å². The molecule has 2 fully saturated rings. The number of carbonyl (C=O) groups is 2. The van der Waals surface area contributed by atoms with Gasteiger partial charge < -0.3 is 15.3 Å². The Balaban J connectivity index is 0.000000364. The predicted octanol–water partition coefficient (Wildman–Crippen LogP) is 2.00. The van der Waals surface area contributed by atoms with Crippen molar-refractivity contribution in [2.45, 2.75) is 18.8 Å². The van der Waals surface area contributed by atoms with Crippen LogP contribution < -0.4 is 15.7 Å². The standard InChI is InChI=1S/C20H20N6O2.C2HF3O2/c27-19(25-28)13-7-22-20(23-8-13)26-10-15-16(11-26)18(15)21-9-14-6-5-12-3-1-2-4-17(12)24-14;3-2(4,5)1(6)7/h1-8,15-16,18,21,28H,9-11H2,(H,25,27);(H,6,7). The second-order valence-electron chi connectivity index (χ2n) is 8.15. The minimum Gasteiger partial charge on any atom is -0.475 e. The normalized spacial score (nSPS) is 20.6. The summed E-state index contributed by atoms with van der Waals surface area (Å²) in [4.78, 5) is 35.6. The first-order valence-corrected chi connectivity index (χ1v) is 10.6. The molecule has 5 rings (SSSR count). The van der Waals surface area contributed by atoms with Crippen LogP contribution in [0.25, 0.3) is 10.9 Å². The summed E-state index contributed by atoms with van der Waals surface area (Å²) in [6, 6.07) is 12.9. The number of hydrogen-bond acceptors (Lipinski definition) is 8. The zero-order chi connectivity index (χ0) is 25.2. The average molecular weight is 490 g/mol. The quantitative estimate of drug-likeness (QED) is 0.312. The molecule has 1 amide bonds. The SMILES string of the molecule is O=C(NO)c1cnc(N2CC3C(C2)C3NCc2ccc3ccccc3n2)nc1.O=C(O)C(F)(F)F. The summed E-state index contributed by atoms with van der Waals surface area (Å²) in [5.74, 6) is -1.57. The van der Waals surface area contributed by atoms with E-state index in [0.29, 0.717) is 23.8 Å². The third-order valence-electron chi connectivity index (χ3n) is 5.90. The lowest BCUT2D eigenvalue weighted by Gasteiger charge is -2.20. The molecule has 2 atom stereocenters. The number of fused-ring (bicyclic) bond motifs is 2. The van der Waals surface area contributed by atoms with Gasteiger partial charge in [0.25, 0.3) is 5.91 Å². The van der Waals surface area contributed by atoms with Gasteiger partial charge in [-0.15, -0.1) is 0 Å². The van der Waals surface area contributed by atoms with E-state index in [4.69, 9.17) is 20.1 Å². The summed E-state index contributed by atoms with van der Waals surface area (Å²) in [5, 5.41) is 20.6. The molecule has 1 aliphatic carbocycles. The monoisotopic (exact) mass is 490 g/mol. The fourth-order valence-electron chi connectivity index (χ4n) is 4.09. The van der Waals surface area contributed by atoms with Gasteiger partial charge in [0.2, 0.25) is 5.95 Å². The number of alkyl halides is 3. The number of hydrogen-bond donors (Lipinski definition) is 4. The Labute approximate surface area is 196 Å². The molecule has 3 heterocycles. The Morgan fingerprint density at radius 1 is 1.06 bits per heavy atom. The molecular formula is C22H21F3N6O4. The number of nitrogens with one attached hydrogen (secondary N) is 2. The topological polar surface area (TPSA) is 141 Å². The molecule has 3 aromatic rings. The van der Waals surface area contributed by atoms with Crippen molar-refractivity contribution >= 4 is 28.7 Å². The Morgan fingerprint density at radius 2 is 1.69 bits per heavy atom. The van der Waals surface area contributed by atoms with E-state index >= 15 is 0 Å². The molecule has 1 aromatic carbocycles. The van der Waals surface area contributed by atoms with E-state index in [1.165, 1.54) is 12.4 Å². The smallest absolute Gasteiger partial charge is 0.475 e. The van der Waals surface area contributed by atoms with Crippen LogP contribution in [0.5, 0.6) is 0 Å². The maximum atomic E-state index is 11.3. The number of rotatable bonds is 5. The summed E-state index contributed by atoms with van der Waals surface area (Å²) in [5.41, 5.74) is 3.90. The molecule has 2 unspecified atom stereocenters. The van der Waals surface area contributed by atoms with Gasteiger partial charge in [-0.05, 0) is 24.0 Å². The van der Waals surface area contributed by atoms with Gasteiger partial charge in [0.05, 0.1) is 16.8 Å². The van der Waals surface area contributed by atoms with E-state index in [9.17, 15) is 18.0 Å². The van der Waals surface area contributed by atoms with Crippen LogP contribution in [-0.2, 0) is 11.3 Å². The highest BCUT2D eigenvalue weighted by Crippen LogP contribution is 2.46. The van der Waals surface area contributed by atoms with Crippen LogP contribution in [0.2, 0.25) is 0 Å². The van der Waals surface area contributed by atoms with Crippen LogP contribution in [0.4, 0.5) is 19.1 Å². The summed E-state index contributed by atoms with van der Waals surface area (Å²) < 4.78 is 31.7. The van der Waals surface area contributed by atoms with Gasteiger partial charge in [-0.2, -0.15) is 13.2 Å². The Bertz CT molecular complexity index is 1210. The van der Waals surface area contributed by atoms with Crippen molar-refractivity contribution in [3.8, 4) is 0 Å². The number of anilines is 1. The molecule has 1 aliphatic heterocycles. The number of hydroxylamine groups is 1. The largest absolute Gasteiger partial charge is 0.490 e.